The molecule has 1 atom stereocenters. The van der Waals surface area contributed by atoms with E-state index in [4.69, 9.17) is 14.2 Å². The molecule has 2 aromatic rings. The van der Waals surface area contributed by atoms with E-state index in [0.717, 1.165) is 44.2 Å². The molecule has 1 fully saturated rings. The maximum atomic E-state index is 13.6. The first-order chi connectivity index (χ1) is 13.7. The molecule has 1 saturated heterocycles. The molecule has 2 aliphatic rings. The van der Waals surface area contributed by atoms with E-state index in [1.54, 1.807) is 18.2 Å². The number of aliphatic hydroxyl groups is 1. The van der Waals surface area contributed by atoms with Crippen molar-refractivity contribution in [1.29, 1.82) is 0 Å². The Morgan fingerprint density at radius 1 is 1.00 bits per heavy atom. The molecule has 7 heteroatoms. The van der Waals surface area contributed by atoms with Crippen LogP contribution >= 0.6 is 0 Å². The van der Waals surface area contributed by atoms with E-state index in [9.17, 15) is 9.50 Å². The van der Waals surface area contributed by atoms with Crippen LogP contribution in [0, 0.1) is 5.82 Å². The highest BCUT2D eigenvalue weighted by Crippen LogP contribution is 2.32. The molecule has 2 aromatic carbocycles. The summed E-state index contributed by atoms with van der Waals surface area (Å²) in [5.41, 5.74) is 1.20. The third-order valence-corrected chi connectivity index (χ3v) is 5.04. The summed E-state index contributed by atoms with van der Waals surface area (Å²) in [6, 6.07) is 12.3. The first kappa shape index (κ1) is 19.0. The lowest BCUT2D eigenvalue weighted by atomic mass is 10.1. The van der Waals surface area contributed by atoms with Gasteiger partial charge in [-0.3, -0.25) is 9.80 Å². The smallest absolute Gasteiger partial charge is 0.231 e. The fourth-order valence-corrected chi connectivity index (χ4v) is 3.53. The number of rotatable bonds is 7. The molecule has 4 rings (SSSR count). The van der Waals surface area contributed by atoms with Crippen LogP contribution in [-0.2, 0) is 6.54 Å². The predicted molar refractivity (Wildman–Crippen MR) is 102 cm³/mol. The Morgan fingerprint density at radius 3 is 2.57 bits per heavy atom. The number of benzene rings is 2. The van der Waals surface area contributed by atoms with Gasteiger partial charge in [0.1, 0.15) is 12.7 Å². The largest absolute Gasteiger partial charge is 0.488 e. The average Bonchev–Trinajstić information content (AvgIpc) is 3.17. The number of ether oxygens (including phenoxy) is 3. The van der Waals surface area contributed by atoms with E-state index in [-0.39, 0.29) is 12.4 Å². The maximum absolute atomic E-state index is 13.6. The van der Waals surface area contributed by atoms with E-state index in [2.05, 4.69) is 15.9 Å². The van der Waals surface area contributed by atoms with Gasteiger partial charge in [0.15, 0.2) is 23.1 Å². The minimum absolute atomic E-state index is 0.0817. The fourth-order valence-electron chi connectivity index (χ4n) is 3.53. The standard InChI is InChI=1S/C21H25FN2O4/c22-18-3-1-2-4-19(18)26-14-17(25)13-24-9-7-23(8-10-24)12-16-5-6-20-21(11-16)28-15-27-20/h1-6,11,17,25H,7-10,12-15H2. The molecule has 0 aliphatic carbocycles. The van der Waals surface area contributed by atoms with Crippen LogP contribution in [0.4, 0.5) is 4.39 Å². The number of β-amino-alcohol motifs (C(OH)–C–C–N with tert-alkyl or cyclic N) is 1. The molecule has 1 N–H and O–H groups in total. The zero-order valence-corrected chi connectivity index (χ0v) is 15.7. The third kappa shape index (κ3) is 4.73. The summed E-state index contributed by atoms with van der Waals surface area (Å²) in [6.07, 6.45) is -0.653. The second-order valence-corrected chi connectivity index (χ2v) is 7.16. The molecular formula is C21H25FN2O4. The Balaban J connectivity index is 1.19. The van der Waals surface area contributed by atoms with Crippen molar-refractivity contribution in [3.63, 3.8) is 0 Å². The van der Waals surface area contributed by atoms with Crippen molar-refractivity contribution < 1.29 is 23.7 Å². The van der Waals surface area contributed by atoms with Gasteiger partial charge in [0, 0.05) is 39.3 Å². The van der Waals surface area contributed by atoms with Crippen LogP contribution in [0.5, 0.6) is 17.2 Å². The zero-order valence-electron chi connectivity index (χ0n) is 15.7. The molecule has 0 spiro atoms. The summed E-state index contributed by atoms with van der Waals surface area (Å²) >= 11 is 0. The summed E-state index contributed by atoms with van der Waals surface area (Å²) in [4.78, 5) is 4.60. The van der Waals surface area contributed by atoms with E-state index in [1.165, 1.54) is 11.6 Å². The van der Waals surface area contributed by atoms with Crippen molar-refractivity contribution in [1.82, 2.24) is 9.80 Å². The van der Waals surface area contributed by atoms with Crippen LogP contribution in [0.15, 0.2) is 42.5 Å². The topological polar surface area (TPSA) is 54.4 Å². The molecule has 0 saturated carbocycles. The lowest BCUT2D eigenvalue weighted by Crippen LogP contribution is -2.48. The van der Waals surface area contributed by atoms with Gasteiger partial charge in [-0.2, -0.15) is 0 Å². The summed E-state index contributed by atoms with van der Waals surface area (Å²) in [6.45, 7) is 5.36. The molecule has 0 amide bonds. The Bertz CT molecular complexity index is 796. The zero-order chi connectivity index (χ0) is 19.3. The molecule has 0 radical (unpaired) electrons. The van der Waals surface area contributed by atoms with E-state index < -0.39 is 11.9 Å². The van der Waals surface area contributed by atoms with Gasteiger partial charge in [-0.1, -0.05) is 18.2 Å². The molecule has 150 valence electrons. The Morgan fingerprint density at radius 2 is 1.75 bits per heavy atom. The number of hydrogen-bond acceptors (Lipinski definition) is 6. The molecule has 28 heavy (non-hydrogen) atoms. The monoisotopic (exact) mass is 388 g/mol. The SMILES string of the molecule is OC(COc1ccccc1F)CN1CCN(Cc2ccc3c(c2)OCO3)CC1. The van der Waals surface area contributed by atoms with Gasteiger partial charge >= 0.3 is 0 Å². The van der Waals surface area contributed by atoms with Crippen molar-refractivity contribution in [3.05, 3.63) is 53.8 Å². The molecule has 6 nitrogen and oxygen atoms in total. The van der Waals surface area contributed by atoms with Crippen molar-refractivity contribution in [2.24, 2.45) is 0 Å². The van der Waals surface area contributed by atoms with Crippen LogP contribution in [0.2, 0.25) is 0 Å². The summed E-state index contributed by atoms with van der Waals surface area (Å²) in [5, 5.41) is 10.2. The lowest BCUT2D eigenvalue weighted by molar-refractivity contribution is 0.0437. The van der Waals surface area contributed by atoms with Gasteiger partial charge in [0.05, 0.1) is 0 Å². The minimum atomic E-state index is -0.653. The predicted octanol–water partition coefficient (Wildman–Crippen LogP) is 2.11. The molecule has 0 bridgehead atoms. The first-order valence-corrected chi connectivity index (χ1v) is 9.56. The highest BCUT2D eigenvalue weighted by Gasteiger charge is 2.21. The average molecular weight is 388 g/mol. The van der Waals surface area contributed by atoms with Crippen LogP contribution in [0.25, 0.3) is 0 Å². The van der Waals surface area contributed by atoms with Gasteiger partial charge in [0.25, 0.3) is 0 Å². The second kappa shape index (κ2) is 8.77. The Hall–Kier alpha value is -2.35. The van der Waals surface area contributed by atoms with Gasteiger partial charge < -0.3 is 19.3 Å². The highest BCUT2D eigenvalue weighted by atomic mass is 19.1. The van der Waals surface area contributed by atoms with E-state index in [0.29, 0.717) is 13.3 Å². The van der Waals surface area contributed by atoms with Gasteiger partial charge in [0.2, 0.25) is 6.79 Å². The Labute approximate surface area is 164 Å². The van der Waals surface area contributed by atoms with Crippen LogP contribution in [0.3, 0.4) is 0 Å². The number of nitrogens with zero attached hydrogens (tertiary/aromatic N) is 2. The number of hydrogen-bond donors (Lipinski definition) is 1. The molecule has 1 unspecified atom stereocenters. The highest BCUT2D eigenvalue weighted by molar-refractivity contribution is 5.44. The minimum Gasteiger partial charge on any atom is -0.488 e. The third-order valence-electron chi connectivity index (χ3n) is 5.04. The fraction of sp³-hybridized carbons (Fsp3) is 0.429. The van der Waals surface area contributed by atoms with Crippen molar-refractivity contribution >= 4 is 0 Å². The van der Waals surface area contributed by atoms with Crippen LogP contribution in [-0.4, -0.2) is 67.1 Å². The van der Waals surface area contributed by atoms with Crippen molar-refractivity contribution in [2.75, 3.05) is 46.1 Å². The molecule has 2 heterocycles. The van der Waals surface area contributed by atoms with Crippen molar-refractivity contribution in [2.45, 2.75) is 12.6 Å². The number of para-hydroxylation sites is 1. The Kier molecular flexibility index (Phi) is 5.95. The van der Waals surface area contributed by atoms with Gasteiger partial charge in [-0.15, -0.1) is 0 Å². The molecular weight excluding hydrogens is 363 g/mol. The van der Waals surface area contributed by atoms with Crippen LogP contribution < -0.4 is 14.2 Å². The van der Waals surface area contributed by atoms with Crippen molar-refractivity contribution in [3.8, 4) is 17.2 Å². The quantitative estimate of drug-likeness (QED) is 0.784. The van der Waals surface area contributed by atoms with E-state index >= 15 is 0 Å². The summed E-state index contributed by atoms with van der Waals surface area (Å²) in [5.74, 6) is 1.39. The summed E-state index contributed by atoms with van der Waals surface area (Å²) in [7, 11) is 0. The summed E-state index contributed by atoms with van der Waals surface area (Å²) < 4.78 is 29.7. The van der Waals surface area contributed by atoms with E-state index in [1.807, 2.05) is 12.1 Å². The first-order valence-electron chi connectivity index (χ1n) is 9.56. The maximum Gasteiger partial charge on any atom is 0.231 e. The lowest BCUT2D eigenvalue weighted by Gasteiger charge is -2.35. The number of aliphatic hydroxyl groups excluding tert-OH is 1. The number of halogens is 1. The van der Waals surface area contributed by atoms with Crippen LogP contribution in [0.1, 0.15) is 5.56 Å². The second-order valence-electron chi connectivity index (χ2n) is 7.16. The van der Waals surface area contributed by atoms with Gasteiger partial charge in [-0.25, -0.2) is 4.39 Å². The number of piperazine rings is 1. The molecule has 0 aromatic heterocycles. The molecule has 2 aliphatic heterocycles. The number of fused-ring (bicyclic) bond motifs is 1. The normalized spacial score (nSPS) is 18.2. The van der Waals surface area contributed by atoms with Gasteiger partial charge in [-0.05, 0) is 29.8 Å².